The first-order chi connectivity index (χ1) is 16.7. The minimum absolute atomic E-state index is 0. The predicted octanol–water partition coefficient (Wildman–Crippen LogP) is 3.66. The van der Waals surface area contributed by atoms with Crippen molar-refractivity contribution in [2.75, 3.05) is 0 Å². The standard InChI is InChI=1S/C15H8BrS.C15H10Br.2ClH.Zr/c16-14-5-4-10-6-11-8-13(10)15(14)17-12-3-1-2-9(11)7-12;16-15-7-6-12-8-13(9-14(12)10-15)11-4-2-1-3-5-11;;;/h1-8H;1-10H;2*1H;/q;;;;+2/p-2. The first kappa shape index (κ1) is 26.7. The summed E-state index contributed by atoms with van der Waals surface area (Å²) in [6, 6.07) is 31.7. The number of allylic oxidation sites excluding steroid dienone is 2. The molecule has 2 aliphatic carbocycles. The molecule has 0 radical (unpaired) electrons. The molecule has 0 aromatic heterocycles. The molecule has 0 nitrogen and oxygen atoms in total. The Labute approximate surface area is 256 Å². The monoisotopic (exact) mass is 728 g/mol. The topological polar surface area (TPSA) is 0 Å². The second kappa shape index (κ2) is 10.7. The SMILES string of the molecule is Brc1ccc2c(c1)C=C(c1ccccc1)[CH]2[Zr+2][CH]1C2=Cc3c1ccc(Br)c3Sc1cccc2c1.[Cl-].[Cl-]. The Kier molecular flexibility index (Phi) is 7.96. The Morgan fingerprint density at radius 1 is 0.667 bits per heavy atom. The third kappa shape index (κ3) is 4.51. The summed E-state index contributed by atoms with van der Waals surface area (Å²) in [6.45, 7) is 0. The molecular weight excluding hydrogens is 714 g/mol. The summed E-state index contributed by atoms with van der Waals surface area (Å²) in [7, 11) is 0. The van der Waals surface area contributed by atoms with E-state index in [9.17, 15) is 0 Å². The van der Waals surface area contributed by atoms with E-state index in [0.29, 0.717) is 7.25 Å². The van der Waals surface area contributed by atoms with Crippen LogP contribution in [0.15, 0.2) is 104 Å². The van der Waals surface area contributed by atoms with E-state index in [1.54, 1.807) is 0 Å². The average Bonchev–Trinajstić information content (AvgIpc) is 3.40. The number of hydrogen-bond donors (Lipinski definition) is 0. The van der Waals surface area contributed by atoms with Gasteiger partial charge in [0.25, 0.3) is 0 Å². The van der Waals surface area contributed by atoms with Gasteiger partial charge in [-0.15, -0.1) is 0 Å². The van der Waals surface area contributed by atoms with Crippen LogP contribution in [0.5, 0.6) is 0 Å². The van der Waals surface area contributed by atoms with Crippen molar-refractivity contribution >= 4 is 66.9 Å². The van der Waals surface area contributed by atoms with Crippen molar-refractivity contribution in [2.45, 2.75) is 17.0 Å². The van der Waals surface area contributed by atoms with Crippen molar-refractivity contribution in [1.82, 2.24) is 0 Å². The fourth-order valence-electron chi connectivity index (χ4n) is 5.36. The van der Waals surface area contributed by atoms with Gasteiger partial charge in [-0.25, -0.2) is 0 Å². The molecule has 4 aromatic rings. The first-order valence-corrected chi connectivity index (χ1v) is 16.5. The summed E-state index contributed by atoms with van der Waals surface area (Å²) in [4.78, 5) is 2.69. The van der Waals surface area contributed by atoms with Gasteiger partial charge in [0, 0.05) is 0 Å². The molecule has 4 bridgehead atoms. The number of rotatable bonds is 3. The zero-order chi connectivity index (χ0) is 22.8. The molecule has 1 aliphatic heterocycles. The fourth-order valence-corrected chi connectivity index (χ4v) is 12.4. The van der Waals surface area contributed by atoms with Crippen LogP contribution in [0.1, 0.15) is 40.6 Å². The van der Waals surface area contributed by atoms with Crippen molar-refractivity contribution in [3.8, 4) is 0 Å². The van der Waals surface area contributed by atoms with Gasteiger partial charge in [0.2, 0.25) is 0 Å². The van der Waals surface area contributed by atoms with E-state index < -0.39 is 23.2 Å². The minimum atomic E-state index is -1.01. The van der Waals surface area contributed by atoms with E-state index in [1.807, 2.05) is 11.8 Å². The summed E-state index contributed by atoms with van der Waals surface area (Å²) in [5.74, 6) is 0. The zero-order valence-corrected chi connectivity index (χ0v) is 26.8. The van der Waals surface area contributed by atoms with Crippen LogP contribution in [0, 0.1) is 0 Å². The fraction of sp³-hybridized carbons (Fsp3) is 0.0667. The van der Waals surface area contributed by atoms with Crippen LogP contribution in [-0.4, -0.2) is 0 Å². The molecule has 2 atom stereocenters. The molecule has 4 aromatic carbocycles. The summed E-state index contributed by atoms with van der Waals surface area (Å²) in [5, 5.41) is 0. The van der Waals surface area contributed by atoms with E-state index in [4.69, 9.17) is 0 Å². The molecule has 7 rings (SSSR count). The van der Waals surface area contributed by atoms with Gasteiger partial charge in [0.15, 0.2) is 0 Å². The quantitative estimate of drug-likeness (QED) is 0.311. The largest absolute Gasteiger partial charge is 1.00 e. The van der Waals surface area contributed by atoms with E-state index in [1.165, 1.54) is 58.8 Å². The zero-order valence-electron chi connectivity index (χ0n) is 18.8. The Hall–Kier alpha value is -0.867. The molecule has 0 fully saturated rings. The van der Waals surface area contributed by atoms with Gasteiger partial charge in [-0.3, -0.25) is 0 Å². The maximum absolute atomic E-state index is 3.85. The van der Waals surface area contributed by atoms with Gasteiger partial charge in [-0.05, 0) is 0 Å². The molecule has 1 heterocycles. The van der Waals surface area contributed by atoms with Crippen LogP contribution in [0.2, 0.25) is 0 Å². The van der Waals surface area contributed by atoms with E-state index in [0.717, 1.165) is 4.47 Å². The Morgan fingerprint density at radius 2 is 1.39 bits per heavy atom. The molecular formula is C30H18Br2Cl2SZr. The maximum Gasteiger partial charge on any atom is -1.00 e. The van der Waals surface area contributed by atoms with Crippen molar-refractivity contribution in [1.29, 1.82) is 0 Å². The third-order valence-corrected chi connectivity index (χ3v) is 14.2. The Morgan fingerprint density at radius 3 is 2.22 bits per heavy atom. The smallest absolute Gasteiger partial charge is 1.00 e. The molecule has 2 unspecified atom stereocenters. The number of benzene rings is 4. The van der Waals surface area contributed by atoms with Crippen LogP contribution in [0.4, 0.5) is 0 Å². The molecule has 36 heavy (non-hydrogen) atoms. The van der Waals surface area contributed by atoms with Crippen LogP contribution >= 0.6 is 43.6 Å². The van der Waals surface area contributed by atoms with Gasteiger partial charge in [-0.2, -0.15) is 0 Å². The van der Waals surface area contributed by atoms with E-state index in [-0.39, 0.29) is 24.8 Å². The van der Waals surface area contributed by atoms with Crippen molar-refractivity contribution < 1.29 is 48.0 Å². The number of hydrogen-bond acceptors (Lipinski definition) is 1. The molecule has 0 N–H and O–H groups in total. The summed E-state index contributed by atoms with van der Waals surface area (Å²) < 4.78 is 3.41. The predicted molar refractivity (Wildman–Crippen MR) is 147 cm³/mol. The van der Waals surface area contributed by atoms with Gasteiger partial charge in [-0.1, -0.05) is 0 Å². The second-order valence-electron chi connectivity index (χ2n) is 8.88. The Bertz CT molecular complexity index is 1550. The summed E-state index contributed by atoms with van der Waals surface area (Å²) >= 11 is 8.43. The van der Waals surface area contributed by atoms with E-state index >= 15 is 0 Å². The van der Waals surface area contributed by atoms with Gasteiger partial charge < -0.3 is 24.8 Å². The van der Waals surface area contributed by atoms with E-state index in [2.05, 4.69) is 129 Å². The molecule has 0 saturated carbocycles. The molecule has 176 valence electrons. The summed E-state index contributed by atoms with van der Waals surface area (Å²) in [6.07, 6.45) is 4.94. The van der Waals surface area contributed by atoms with Crippen LogP contribution in [0.25, 0.3) is 23.3 Å². The van der Waals surface area contributed by atoms with Crippen molar-refractivity contribution in [3.63, 3.8) is 0 Å². The molecule has 3 aliphatic rings. The van der Waals surface area contributed by atoms with Gasteiger partial charge in [0.05, 0.1) is 0 Å². The maximum atomic E-state index is 3.85. The summed E-state index contributed by atoms with van der Waals surface area (Å²) in [5.41, 5.74) is 11.7. The minimum Gasteiger partial charge on any atom is -1.00 e. The third-order valence-electron chi connectivity index (χ3n) is 6.91. The Balaban J connectivity index is 0.00000133. The average molecular weight is 732 g/mol. The van der Waals surface area contributed by atoms with Gasteiger partial charge in [0.1, 0.15) is 0 Å². The second-order valence-corrected chi connectivity index (χ2v) is 15.4. The normalized spacial score (nSPS) is 17.9. The van der Waals surface area contributed by atoms with Crippen LogP contribution in [0.3, 0.4) is 0 Å². The van der Waals surface area contributed by atoms with Crippen LogP contribution in [-0.2, 0) is 23.2 Å². The molecule has 0 spiro atoms. The first-order valence-electron chi connectivity index (χ1n) is 11.3. The molecule has 6 heteroatoms. The van der Waals surface area contributed by atoms with Crippen molar-refractivity contribution in [3.05, 3.63) is 127 Å². The molecule has 0 saturated heterocycles. The van der Waals surface area contributed by atoms with Crippen LogP contribution < -0.4 is 24.8 Å². The molecule has 0 amide bonds. The number of fused-ring (bicyclic) bond motifs is 4. The van der Waals surface area contributed by atoms with Crippen molar-refractivity contribution in [2.24, 2.45) is 0 Å². The van der Waals surface area contributed by atoms with Gasteiger partial charge >= 0.3 is 234 Å². The number of halogens is 4.